The number of hydrogen-bond acceptors (Lipinski definition) is 2. The number of hydrogen-bond donors (Lipinski definition) is 0. The molecule has 22 heavy (non-hydrogen) atoms. The van der Waals surface area contributed by atoms with E-state index in [1.165, 1.54) is 18.2 Å². The Morgan fingerprint density at radius 2 is 1.77 bits per heavy atom. The first-order chi connectivity index (χ1) is 10.6. The summed E-state index contributed by atoms with van der Waals surface area (Å²) in [5, 5.41) is 0. The maximum absolute atomic E-state index is 14.1. The molecule has 0 aromatic heterocycles. The topological polar surface area (TPSA) is 12.5 Å². The number of benzene rings is 2. The number of rotatable bonds is 3. The largest absolute Gasteiger partial charge is 0.490 e. The third-order valence-corrected chi connectivity index (χ3v) is 4.16. The highest BCUT2D eigenvalue weighted by atomic mass is 19.1. The molecule has 1 fully saturated rings. The van der Waals surface area contributed by atoms with Gasteiger partial charge >= 0.3 is 0 Å². The van der Waals surface area contributed by atoms with Crippen LogP contribution >= 0.6 is 0 Å². The van der Waals surface area contributed by atoms with Crippen LogP contribution in [0.15, 0.2) is 48.5 Å². The molecule has 0 bridgehead atoms. The second-order valence-corrected chi connectivity index (χ2v) is 5.79. The fourth-order valence-corrected chi connectivity index (χ4v) is 3.00. The van der Waals surface area contributed by atoms with Crippen LogP contribution in [-0.2, 0) is 0 Å². The molecule has 0 saturated carbocycles. The quantitative estimate of drug-likeness (QED) is 0.854. The molecule has 0 spiro atoms. The molecule has 2 aromatic rings. The second kappa shape index (κ2) is 6.44. The van der Waals surface area contributed by atoms with Crippen molar-refractivity contribution >= 4 is 0 Å². The van der Waals surface area contributed by atoms with Crippen LogP contribution in [-0.4, -0.2) is 31.1 Å². The summed E-state index contributed by atoms with van der Waals surface area (Å²) in [4.78, 5) is 2.18. The molecular weight excluding hydrogens is 284 g/mol. The van der Waals surface area contributed by atoms with E-state index >= 15 is 0 Å². The molecule has 0 N–H and O–H groups in total. The van der Waals surface area contributed by atoms with E-state index in [0.29, 0.717) is 11.3 Å². The van der Waals surface area contributed by atoms with E-state index in [1.54, 1.807) is 18.2 Å². The SMILES string of the molecule is CN1CC[C@@H](Oc2ccc(F)cc2)[C@H](c2ccccc2F)C1. The molecule has 4 heteroatoms. The molecule has 1 aliphatic rings. The van der Waals surface area contributed by atoms with Gasteiger partial charge in [0.05, 0.1) is 0 Å². The molecule has 0 unspecified atom stereocenters. The Hall–Kier alpha value is -1.94. The third kappa shape index (κ3) is 3.28. The van der Waals surface area contributed by atoms with E-state index in [1.807, 2.05) is 19.2 Å². The molecule has 1 heterocycles. The number of ether oxygens (including phenoxy) is 1. The Morgan fingerprint density at radius 1 is 1.05 bits per heavy atom. The van der Waals surface area contributed by atoms with Crippen LogP contribution in [0.3, 0.4) is 0 Å². The van der Waals surface area contributed by atoms with E-state index in [9.17, 15) is 8.78 Å². The van der Waals surface area contributed by atoms with Crippen LogP contribution in [0.5, 0.6) is 5.75 Å². The van der Waals surface area contributed by atoms with Gasteiger partial charge in [-0.05, 0) is 49.4 Å². The molecule has 2 nitrogen and oxygen atoms in total. The summed E-state index contributed by atoms with van der Waals surface area (Å²) < 4.78 is 33.2. The number of halogens is 2. The molecule has 3 rings (SSSR count). The van der Waals surface area contributed by atoms with Gasteiger partial charge in [-0.1, -0.05) is 18.2 Å². The van der Waals surface area contributed by atoms with Gasteiger partial charge in [-0.3, -0.25) is 0 Å². The lowest BCUT2D eigenvalue weighted by molar-refractivity contribution is 0.0886. The van der Waals surface area contributed by atoms with E-state index in [2.05, 4.69) is 4.90 Å². The molecule has 1 saturated heterocycles. The molecule has 0 radical (unpaired) electrons. The Kier molecular flexibility index (Phi) is 4.39. The average Bonchev–Trinajstić information content (AvgIpc) is 2.52. The zero-order valence-corrected chi connectivity index (χ0v) is 12.5. The smallest absolute Gasteiger partial charge is 0.126 e. The molecule has 0 amide bonds. The highest BCUT2D eigenvalue weighted by molar-refractivity contribution is 5.27. The molecule has 2 aromatic carbocycles. The van der Waals surface area contributed by atoms with Gasteiger partial charge in [-0.2, -0.15) is 0 Å². The van der Waals surface area contributed by atoms with E-state index < -0.39 is 0 Å². The van der Waals surface area contributed by atoms with Crippen molar-refractivity contribution in [3.05, 3.63) is 65.7 Å². The average molecular weight is 303 g/mol. The summed E-state index contributed by atoms with van der Waals surface area (Å²) in [6, 6.07) is 12.8. The maximum Gasteiger partial charge on any atom is 0.126 e. The fourth-order valence-electron chi connectivity index (χ4n) is 3.00. The van der Waals surface area contributed by atoms with Gasteiger partial charge in [-0.15, -0.1) is 0 Å². The van der Waals surface area contributed by atoms with Crippen molar-refractivity contribution < 1.29 is 13.5 Å². The normalized spacial score (nSPS) is 22.5. The Labute approximate surface area is 129 Å². The monoisotopic (exact) mass is 303 g/mol. The van der Waals surface area contributed by atoms with Gasteiger partial charge in [0.25, 0.3) is 0 Å². The Bertz CT molecular complexity index is 629. The fraction of sp³-hybridized carbons (Fsp3) is 0.333. The minimum Gasteiger partial charge on any atom is -0.490 e. The zero-order valence-electron chi connectivity index (χ0n) is 12.5. The van der Waals surface area contributed by atoms with Crippen LogP contribution < -0.4 is 4.74 Å². The minimum atomic E-state index is -0.290. The summed E-state index contributed by atoms with van der Waals surface area (Å²) in [6.07, 6.45) is 0.700. The summed E-state index contributed by atoms with van der Waals surface area (Å²) in [7, 11) is 2.03. The van der Waals surface area contributed by atoms with Crippen molar-refractivity contribution in [1.29, 1.82) is 0 Å². The van der Waals surface area contributed by atoms with Crippen molar-refractivity contribution in [2.24, 2.45) is 0 Å². The predicted molar refractivity (Wildman–Crippen MR) is 82.1 cm³/mol. The number of likely N-dealkylation sites (tertiary alicyclic amines) is 1. The number of nitrogens with zero attached hydrogens (tertiary/aromatic N) is 1. The number of piperidine rings is 1. The van der Waals surface area contributed by atoms with E-state index in [-0.39, 0.29) is 23.7 Å². The first kappa shape index (κ1) is 15.0. The first-order valence-electron chi connectivity index (χ1n) is 7.48. The van der Waals surface area contributed by atoms with Gasteiger partial charge in [-0.25, -0.2) is 8.78 Å². The van der Waals surface area contributed by atoms with E-state index in [4.69, 9.17) is 4.74 Å². The molecule has 2 atom stereocenters. The van der Waals surface area contributed by atoms with Crippen molar-refractivity contribution in [2.45, 2.75) is 18.4 Å². The highest BCUT2D eigenvalue weighted by Crippen LogP contribution is 2.31. The third-order valence-electron chi connectivity index (χ3n) is 4.16. The van der Waals surface area contributed by atoms with Gasteiger partial charge in [0.1, 0.15) is 23.5 Å². The van der Waals surface area contributed by atoms with Crippen molar-refractivity contribution in [3.8, 4) is 5.75 Å². The van der Waals surface area contributed by atoms with Crippen molar-refractivity contribution in [1.82, 2.24) is 4.90 Å². The second-order valence-electron chi connectivity index (χ2n) is 5.79. The van der Waals surface area contributed by atoms with Crippen LogP contribution in [0.25, 0.3) is 0 Å². The molecule has 1 aliphatic heterocycles. The summed E-state index contributed by atoms with van der Waals surface area (Å²) >= 11 is 0. The summed E-state index contributed by atoms with van der Waals surface area (Å²) in [5.74, 6) is 0.0965. The van der Waals surface area contributed by atoms with Gasteiger partial charge in [0, 0.05) is 19.0 Å². The summed E-state index contributed by atoms with van der Waals surface area (Å²) in [6.45, 7) is 1.64. The Morgan fingerprint density at radius 3 is 2.50 bits per heavy atom. The van der Waals surface area contributed by atoms with Crippen LogP contribution in [0, 0.1) is 11.6 Å². The first-order valence-corrected chi connectivity index (χ1v) is 7.48. The minimum absolute atomic E-state index is 0.0370. The van der Waals surface area contributed by atoms with Crippen molar-refractivity contribution in [2.75, 3.05) is 20.1 Å². The van der Waals surface area contributed by atoms with E-state index in [0.717, 1.165) is 19.5 Å². The Balaban J connectivity index is 1.84. The van der Waals surface area contributed by atoms with Crippen LogP contribution in [0.1, 0.15) is 17.9 Å². The predicted octanol–water partition coefficient (Wildman–Crippen LogP) is 3.83. The maximum atomic E-state index is 14.1. The molecule has 116 valence electrons. The van der Waals surface area contributed by atoms with Gasteiger partial charge in [0.2, 0.25) is 0 Å². The highest BCUT2D eigenvalue weighted by Gasteiger charge is 2.32. The summed E-state index contributed by atoms with van der Waals surface area (Å²) in [5.41, 5.74) is 0.682. The lowest BCUT2D eigenvalue weighted by Crippen LogP contribution is -2.42. The standard InChI is InChI=1S/C18H19F2NO/c1-21-11-10-18(22-14-8-6-13(19)7-9-14)16(12-21)15-4-2-3-5-17(15)20/h2-9,16,18H,10-12H2,1H3/t16-,18+/m0/s1. The zero-order chi connectivity index (χ0) is 15.5. The van der Waals surface area contributed by atoms with Gasteiger partial charge < -0.3 is 9.64 Å². The molecular formula is C18H19F2NO. The number of likely N-dealkylation sites (N-methyl/N-ethyl adjacent to an activating group) is 1. The van der Waals surface area contributed by atoms with Crippen LogP contribution in [0.4, 0.5) is 8.78 Å². The lowest BCUT2D eigenvalue weighted by Gasteiger charge is -2.37. The molecule has 0 aliphatic carbocycles. The van der Waals surface area contributed by atoms with Crippen molar-refractivity contribution in [3.63, 3.8) is 0 Å². The van der Waals surface area contributed by atoms with Crippen LogP contribution in [0.2, 0.25) is 0 Å². The lowest BCUT2D eigenvalue weighted by atomic mass is 9.87. The van der Waals surface area contributed by atoms with Gasteiger partial charge in [0.15, 0.2) is 0 Å².